The molecule has 152 valence electrons. The number of esters is 1. The number of Topliss-reactive ketones (excluding diaryl/α,β-unsaturated/α-hetero) is 1. The molecule has 2 heterocycles. The number of aromatic nitrogens is 1. The van der Waals surface area contributed by atoms with Gasteiger partial charge in [-0.3, -0.25) is 9.78 Å². The molecule has 0 saturated carbocycles. The Morgan fingerprint density at radius 2 is 1.97 bits per heavy atom. The molecule has 2 aromatic rings. The molecule has 0 spiro atoms. The van der Waals surface area contributed by atoms with Crippen LogP contribution in [0.5, 0.6) is 0 Å². The molecular formula is C20H17Cl2FN2O4. The number of ketones is 1. The maximum atomic E-state index is 14.6. The first-order chi connectivity index (χ1) is 13.7. The zero-order chi connectivity index (χ0) is 21.3. The quantitative estimate of drug-likeness (QED) is 0.492. The van der Waals surface area contributed by atoms with Crippen LogP contribution in [0.1, 0.15) is 43.1 Å². The number of hydrogen-bond acceptors (Lipinski definition) is 6. The summed E-state index contributed by atoms with van der Waals surface area (Å²) in [4.78, 5) is 33.1. The van der Waals surface area contributed by atoms with Gasteiger partial charge in [0.25, 0.3) is 0 Å². The summed E-state index contributed by atoms with van der Waals surface area (Å²) in [6.45, 7) is 4.83. The summed E-state index contributed by atoms with van der Waals surface area (Å²) in [5, 5.41) is 4.17. The van der Waals surface area contributed by atoms with Gasteiger partial charge in [0.2, 0.25) is 5.60 Å². The van der Waals surface area contributed by atoms with Crippen LogP contribution >= 0.6 is 23.2 Å². The number of hydrogen-bond donors (Lipinski definition) is 0. The van der Waals surface area contributed by atoms with Crippen LogP contribution in [0, 0.1) is 5.82 Å². The lowest BCUT2D eigenvalue weighted by Gasteiger charge is -2.18. The predicted molar refractivity (Wildman–Crippen MR) is 107 cm³/mol. The number of nitrogens with zero attached hydrogens (tertiary/aromatic N) is 2. The van der Waals surface area contributed by atoms with E-state index < -0.39 is 17.4 Å². The Balaban J connectivity index is 2.00. The normalized spacial score (nSPS) is 18.2. The van der Waals surface area contributed by atoms with Crippen LogP contribution in [0.15, 0.2) is 29.6 Å². The van der Waals surface area contributed by atoms with Gasteiger partial charge in [0.15, 0.2) is 5.78 Å². The van der Waals surface area contributed by atoms with E-state index >= 15 is 0 Å². The molecule has 0 radical (unpaired) electrons. The molecule has 1 aliphatic heterocycles. The van der Waals surface area contributed by atoms with Crippen LogP contribution in [-0.4, -0.2) is 34.7 Å². The summed E-state index contributed by atoms with van der Waals surface area (Å²) < 4.78 is 19.6. The number of oxime groups is 1. The summed E-state index contributed by atoms with van der Waals surface area (Å²) in [6.07, 6.45) is 1.42. The molecule has 3 rings (SSSR count). The van der Waals surface area contributed by atoms with Crippen molar-refractivity contribution in [3.63, 3.8) is 0 Å². The van der Waals surface area contributed by atoms with Crippen molar-refractivity contribution in [2.45, 2.75) is 32.8 Å². The topological polar surface area (TPSA) is 77.9 Å². The number of benzene rings is 1. The van der Waals surface area contributed by atoms with E-state index in [0.717, 1.165) is 6.07 Å². The molecule has 1 aromatic heterocycles. The second kappa shape index (κ2) is 8.08. The lowest BCUT2D eigenvalue weighted by molar-refractivity contribution is -0.166. The predicted octanol–water partition coefficient (Wildman–Crippen LogP) is 4.84. The van der Waals surface area contributed by atoms with E-state index in [0.29, 0.717) is 16.8 Å². The lowest BCUT2D eigenvalue weighted by Crippen LogP contribution is -2.37. The fourth-order valence-corrected chi connectivity index (χ4v) is 3.39. The van der Waals surface area contributed by atoms with Crippen molar-refractivity contribution in [3.05, 3.63) is 51.4 Å². The highest BCUT2D eigenvalue weighted by atomic mass is 35.5. The molecule has 6 nitrogen and oxygen atoms in total. The largest absolute Gasteiger partial charge is 0.463 e. The first-order valence-corrected chi connectivity index (χ1v) is 9.50. The molecular weight excluding hydrogens is 422 g/mol. The second-order valence-corrected chi connectivity index (χ2v) is 7.49. The van der Waals surface area contributed by atoms with Crippen LogP contribution in [0.2, 0.25) is 10.0 Å². The molecule has 29 heavy (non-hydrogen) atoms. The number of halogens is 3. The summed E-state index contributed by atoms with van der Waals surface area (Å²) in [7, 11) is 0. The molecule has 0 aliphatic carbocycles. The van der Waals surface area contributed by atoms with E-state index in [1.54, 1.807) is 13.8 Å². The number of pyridine rings is 1. The minimum Gasteiger partial charge on any atom is -0.463 e. The molecule has 0 saturated heterocycles. The zero-order valence-corrected chi connectivity index (χ0v) is 17.4. The second-order valence-electron chi connectivity index (χ2n) is 6.68. The molecule has 0 N–H and O–H groups in total. The van der Waals surface area contributed by atoms with Gasteiger partial charge >= 0.3 is 5.97 Å². The summed E-state index contributed by atoms with van der Waals surface area (Å²) in [6, 6.07) is 3.98. The smallest absolute Gasteiger partial charge is 0.353 e. The molecule has 1 aliphatic rings. The van der Waals surface area contributed by atoms with Crippen molar-refractivity contribution in [2.75, 3.05) is 6.61 Å². The van der Waals surface area contributed by atoms with Gasteiger partial charge in [0.1, 0.15) is 5.82 Å². The van der Waals surface area contributed by atoms with Crippen molar-refractivity contribution < 1.29 is 23.6 Å². The van der Waals surface area contributed by atoms with Gasteiger partial charge in [-0.05, 0) is 39.0 Å². The average Bonchev–Trinajstić information content (AvgIpc) is 3.06. The van der Waals surface area contributed by atoms with Crippen LogP contribution in [0.4, 0.5) is 4.39 Å². The Morgan fingerprint density at radius 1 is 1.24 bits per heavy atom. The molecule has 9 heteroatoms. The van der Waals surface area contributed by atoms with Crippen molar-refractivity contribution in [2.24, 2.45) is 5.16 Å². The summed E-state index contributed by atoms with van der Waals surface area (Å²) in [5.74, 6) is -1.41. The monoisotopic (exact) mass is 438 g/mol. The minimum absolute atomic E-state index is 0.0805. The van der Waals surface area contributed by atoms with E-state index in [9.17, 15) is 14.0 Å². The van der Waals surface area contributed by atoms with Crippen molar-refractivity contribution in [3.8, 4) is 11.3 Å². The molecule has 1 unspecified atom stereocenters. The third kappa shape index (κ3) is 4.11. The Bertz CT molecular complexity index is 1040. The molecule has 1 atom stereocenters. The number of carbonyl (C=O) groups is 2. The first kappa shape index (κ1) is 21.2. The van der Waals surface area contributed by atoms with E-state index in [-0.39, 0.29) is 40.1 Å². The van der Waals surface area contributed by atoms with E-state index in [2.05, 4.69) is 10.1 Å². The van der Waals surface area contributed by atoms with Crippen LogP contribution in [-0.2, 0) is 14.4 Å². The Hall–Kier alpha value is -2.51. The van der Waals surface area contributed by atoms with Gasteiger partial charge in [0.05, 0.1) is 28.1 Å². The van der Waals surface area contributed by atoms with Gasteiger partial charge in [-0.1, -0.05) is 28.4 Å². The molecule has 1 aromatic carbocycles. The van der Waals surface area contributed by atoms with Crippen LogP contribution < -0.4 is 0 Å². The molecule has 0 bridgehead atoms. The minimum atomic E-state index is -1.29. The fraction of sp³-hybridized carbons (Fsp3) is 0.300. The van der Waals surface area contributed by atoms with Gasteiger partial charge in [-0.15, -0.1) is 0 Å². The molecule has 0 amide bonds. The maximum Gasteiger partial charge on any atom is 0.353 e. The van der Waals surface area contributed by atoms with Crippen molar-refractivity contribution in [1.29, 1.82) is 0 Å². The van der Waals surface area contributed by atoms with E-state index in [1.165, 1.54) is 25.3 Å². The van der Waals surface area contributed by atoms with Gasteiger partial charge in [-0.2, -0.15) is 0 Å². The first-order valence-electron chi connectivity index (χ1n) is 8.75. The third-order valence-corrected chi connectivity index (χ3v) is 5.04. The fourth-order valence-electron chi connectivity index (χ4n) is 2.86. The highest BCUT2D eigenvalue weighted by Gasteiger charge is 2.44. The van der Waals surface area contributed by atoms with Crippen LogP contribution in [0.25, 0.3) is 11.3 Å². The maximum absolute atomic E-state index is 14.6. The standard InChI is InChI=1S/C20H17Cl2FN2O4/c1-4-28-19(27)20(3)8-17(25-29-20)12-6-13(16(23)7-14(12)21)18-15(22)5-11(9-24-18)10(2)26/h5-7,9H,4,8H2,1-3H3. The van der Waals surface area contributed by atoms with E-state index in [1.807, 2.05) is 0 Å². The Morgan fingerprint density at radius 3 is 2.59 bits per heavy atom. The van der Waals surface area contributed by atoms with E-state index in [4.69, 9.17) is 32.8 Å². The van der Waals surface area contributed by atoms with Crippen molar-refractivity contribution in [1.82, 2.24) is 4.98 Å². The number of rotatable bonds is 5. The lowest BCUT2D eigenvalue weighted by atomic mass is 9.94. The zero-order valence-electron chi connectivity index (χ0n) is 15.9. The number of carbonyl (C=O) groups excluding carboxylic acids is 2. The third-order valence-electron chi connectivity index (χ3n) is 4.44. The highest BCUT2D eigenvalue weighted by Crippen LogP contribution is 2.35. The van der Waals surface area contributed by atoms with Gasteiger partial charge in [-0.25, -0.2) is 9.18 Å². The van der Waals surface area contributed by atoms with Crippen LogP contribution in [0.3, 0.4) is 0 Å². The Kier molecular flexibility index (Phi) is 5.91. The highest BCUT2D eigenvalue weighted by molar-refractivity contribution is 6.35. The van der Waals surface area contributed by atoms with Gasteiger partial charge < -0.3 is 9.57 Å². The summed E-state index contributed by atoms with van der Waals surface area (Å²) >= 11 is 12.4. The van der Waals surface area contributed by atoms with Gasteiger partial charge in [0, 0.05) is 29.3 Å². The molecule has 0 fully saturated rings. The SMILES string of the molecule is CCOC(=O)C1(C)CC(c2cc(-c3ncc(C(C)=O)cc3Cl)c(F)cc2Cl)=NO1. The summed E-state index contributed by atoms with van der Waals surface area (Å²) in [5.41, 5.74) is -0.000828. The average molecular weight is 439 g/mol. The Labute approximate surface area is 176 Å². The van der Waals surface area contributed by atoms with Crippen molar-refractivity contribution >= 4 is 40.7 Å². The number of ether oxygens (including phenoxy) is 1.